The van der Waals surface area contributed by atoms with E-state index in [-0.39, 0.29) is 5.56 Å². The predicted molar refractivity (Wildman–Crippen MR) is 137 cm³/mol. The summed E-state index contributed by atoms with van der Waals surface area (Å²) in [5.74, 6) is 0.353. The number of anilines is 1. The monoisotopic (exact) mass is 493 g/mol. The van der Waals surface area contributed by atoms with E-state index in [1.54, 1.807) is 23.1 Å². The molecule has 0 aliphatic carbocycles. The number of ether oxygens (including phenoxy) is 2. The molecule has 1 aliphatic rings. The highest BCUT2D eigenvalue weighted by atomic mass is 32.1. The molecule has 2 aromatic carbocycles. The lowest BCUT2D eigenvalue weighted by Gasteiger charge is -2.27. The third-order valence-electron chi connectivity index (χ3n) is 5.97. The van der Waals surface area contributed by atoms with E-state index >= 15 is 0 Å². The molecule has 1 amide bonds. The van der Waals surface area contributed by atoms with Gasteiger partial charge in [0.15, 0.2) is 5.13 Å². The Morgan fingerprint density at radius 2 is 2.00 bits per heavy atom. The van der Waals surface area contributed by atoms with Crippen LogP contribution in [0.15, 0.2) is 57.7 Å². The van der Waals surface area contributed by atoms with Crippen LogP contribution in [0.1, 0.15) is 23.7 Å². The van der Waals surface area contributed by atoms with Gasteiger partial charge in [0.25, 0.3) is 5.91 Å². The van der Waals surface area contributed by atoms with Crippen molar-refractivity contribution in [3.8, 4) is 5.75 Å². The minimum absolute atomic E-state index is 0.00401. The zero-order valence-electron chi connectivity index (χ0n) is 19.6. The summed E-state index contributed by atoms with van der Waals surface area (Å²) in [6.45, 7) is 6.97. The van der Waals surface area contributed by atoms with Crippen LogP contribution >= 0.6 is 11.3 Å². The van der Waals surface area contributed by atoms with Crippen LogP contribution in [0.25, 0.3) is 21.2 Å². The van der Waals surface area contributed by atoms with Gasteiger partial charge in [0, 0.05) is 31.6 Å². The Morgan fingerprint density at radius 3 is 2.83 bits per heavy atom. The topological polar surface area (TPSA) is 85.1 Å². The lowest BCUT2D eigenvalue weighted by Crippen LogP contribution is -2.40. The standard InChI is InChI=1S/C26H27N3O5S/c1-2-33-19-8-9-21-23(17-19)35-26(27-21)29(11-5-10-28-12-14-32-15-13-28)24(30)20-16-18-6-3-4-7-22(18)34-25(20)31/h3-4,6-9,16-17H,2,5,10-15H2,1H3. The molecule has 3 heterocycles. The fourth-order valence-corrected chi connectivity index (χ4v) is 5.20. The molecule has 0 spiro atoms. The highest BCUT2D eigenvalue weighted by molar-refractivity contribution is 7.22. The van der Waals surface area contributed by atoms with E-state index in [1.807, 2.05) is 37.3 Å². The summed E-state index contributed by atoms with van der Waals surface area (Å²) in [5.41, 5.74) is 0.595. The molecule has 9 heteroatoms. The van der Waals surface area contributed by atoms with Gasteiger partial charge in [-0.1, -0.05) is 29.5 Å². The van der Waals surface area contributed by atoms with Gasteiger partial charge in [0.2, 0.25) is 0 Å². The highest BCUT2D eigenvalue weighted by Gasteiger charge is 2.25. The second-order valence-electron chi connectivity index (χ2n) is 8.31. The highest BCUT2D eigenvalue weighted by Crippen LogP contribution is 2.32. The molecule has 4 aromatic rings. The molecule has 1 saturated heterocycles. The fraction of sp³-hybridized carbons (Fsp3) is 0.346. The summed E-state index contributed by atoms with van der Waals surface area (Å²) in [4.78, 5) is 35.1. The van der Waals surface area contributed by atoms with Crippen molar-refractivity contribution in [3.63, 3.8) is 0 Å². The van der Waals surface area contributed by atoms with Gasteiger partial charge in [0.1, 0.15) is 16.9 Å². The number of hydrogen-bond acceptors (Lipinski definition) is 8. The molecule has 1 aliphatic heterocycles. The number of benzene rings is 2. The first kappa shape index (κ1) is 23.5. The molecule has 0 unspecified atom stereocenters. The molecule has 0 saturated carbocycles. The molecule has 182 valence electrons. The Morgan fingerprint density at radius 1 is 1.17 bits per heavy atom. The molecule has 35 heavy (non-hydrogen) atoms. The molecule has 0 radical (unpaired) electrons. The summed E-state index contributed by atoms with van der Waals surface area (Å²) >= 11 is 1.41. The Labute approximate surface area is 206 Å². The summed E-state index contributed by atoms with van der Waals surface area (Å²) in [6, 6.07) is 14.5. The number of rotatable bonds is 8. The smallest absolute Gasteiger partial charge is 0.349 e. The van der Waals surface area contributed by atoms with Gasteiger partial charge in [0.05, 0.1) is 30.0 Å². The number of aromatic nitrogens is 1. The quantitative estimate of drug-likeness (QED) is 0.341. The van der Waals surface area contributed by atoms with Gasteiger partial charge in [-0.2, -0.15) is 0 Å². The van der Waals surface area contributed by atoms with Crippen molar-refractivity contribution >= 4 is 43.6 Å². The molecule has 5 rings (SSSR count). The fourth-order valence-electron chi connectivity index (χ4n) is 4.18. The van der Waals surface area contributed by atoms with Crippen LogP contribution in [0, 0.1) is 0 Å². The molecular formula is C26H27N3O5S. The van der Waals surface area contributed by atoms with E-state index in [0.29, 0.717) is 29.3 Å². The number of hydrogen-bond donors (Lipinski definition) is 0. The average Bonchev–Trinajstić information content (AvgIpc) is 3.30. The predicted octanol–water partition coefficient (Wildman–Crippen LogP) is 4.17. The van der Waals surface area contributed by atoms with Crippen molar-refractivity contribution in [1.29, 1.82) is 0 Å². The molecule has 0 atom stereocenters. The second-order valence-corrected chi connectivity index (χ2v) is 9.32. The number of amides is 1. The second kappa shape index (κ2) is 10.6. The van der Waals surface area contributed by atoms with Gasteiger partial charge in [-0.05, 0) is 43.7 Å². The van der Waals surface area contributed by atoms with Crippen molar-refractivity contribution in [2.75, 3.05) is 50.9 Å². The lowest BCUT2D eigenvalue weighted by molar-refractivity contribution is 0.0376. The average molecular weight is 494 g/mol. The van der Waals surface area contributed by atoms with Gasteiger partial charge >= 0.3 is 5.63 Å². The molecule has 2 aromatic heterocycles. The first-order valence-corrected chi connectivity index (χ1v) is 12.6. The molecule has 8 nitrogen and oxygen atoms in total. The number of morpholine rings is 1. The normalized spacial score (nSPS) is 14.4. The van der Waals surface area contributed by atoms with E-state index < -0.39 is 11.5 Å². The van der Waals surface area contributed by atoms with Crippen LogP contribution in [0.5, 0.6) is 5.75 Å². The maximum Gasteiger partial charge on any atom is 0.349 e. The molecule has 0 N–H and O–H groups in total. The number of nitrogens with zero attached hydrogens (tertiary/aromatic N) is 3. The van der Waals surface area contributed by atoms with E-state index in [4.69, 9.17) is 18.9 Å². The number of para-hydroxylation sites is 1. The first-order chi connectivity index (χ1) is 17.1. The summed E-state index contributed by atoms with van der Waals surface area (Å²) < 4.78 is 17.4. The zero-order valence-corrected chi connectivity index (χ0v) is 20.4. The van der Waals surface area contributed by atoms with E-state index in [0.717, 1.165) is 55.2 Å². The van der Waals surface area contributed by atoms with Crippen molar-refractivity contribution in [3.05, 3.63) is 64.5 Å². The summed E-state index contributed by atoms with van der Waals surface area (Å²) in [6.07, 6.45) is 0.741. The zero-order chi connectivity index (χ0) is 24.2. The van der Waals surface area contributed by atoms with Gasteiger partial charge in [-0.3, -0.25) is 14.6 Å². The maximum atomic E-state index is 13.7. The Balaban J connectivity index is 1.46. The van der Waals surface area contributed by atoms with Crippen LogP contribution in [0.2, 0.25) is 0 Å². The minimum Gasteiger partial charge on any atom is -0.494 e. The van der Waals surface area contributed by atoms with Gasteiger partial charge < -0.3 is 13.9 Å². The third kappa shape index (κ3) is 5.22. The van der Waals surface area contributed by atoms with Crippen LogP contribution in [-0.4, -0.2) is 61.8 Å². The largest absolute Gasteiger partial charge is 0.494 e. The first-order valence-electron chi connectivity index (χ1n) is 11.8. The van der Waals surface area contributed by atoms with Crippen molar-refractivity contribution < 1.29 is 18.7 Å². The van der Waals surface area contributed by atoms with Gasteiger partial charge in [-0.15, -0.1) is 0 Å². The Hall–Kier alpha value is -3.27. The summed E-state index contributed by atoms with van der Waals surface area (Å²) in [7, 11) is 0. The molecule has 0 bridgehead atoms. The number of carbonyl (C=O) groups is 1. The van der Waals surface area contributed by atoms with Crippen molar-refractivity contribution in [2.24, 2.45) is 0 Å². The Bertz CT molecular complexity index is 1390. The Kier molecular flexibility index (Phi) is 7.08. The molecule has 1 fully saturated rings. The lowest BCUT2D eigenvalue weighted by atomic mass is 10.1. The van der Waals surface area contributed by atoms with Crippen LogP contribution in [-0.2, 0) is 4.74 Å². The number of thiazole rings is 1. The van der Waals surface area contributed by atoms with Gasteiger partial charge in [-0.25, -0.2) is 9.78 Å². The van der Waals surface area contributed by atoms with E-state index in [9.17, 15) is 9.59 Å². The maximum absolute atomic E-state index is 13.7. The summed E-state index contributed by atoms with van der Waals surface area (Å²) in [5, 5.41) is 1.25. The van der Waals surface area contributed by atoms with Crippen LogP contribution in [0.4, 0.5) is 5.13 Å². The van der Waals surface area contributed by atoms with E-state index in [2.05, 4.69) is 4.90 Å². The SMILES string of the molecule is CCOc1ccc2nc(N(CCCN3CCOCC3)C(=O)c3cc4ccccc4oc3=O)sc2c1. The number of fused-ring (bicyclic) bond motifs is 2. The van der Waals surface area contributed by atoms with Crippen LogP contribution < -0.4 is 15.3 Å². The minimum atomic E-state index is -0.647. The third-order valence-corrected chi connectivity index (χ3v) is 7.01. The van der Waals surface area contributed by atoms with Crippen LogP contribution in [0.3, 0.4) is 0 Å². The molecular weight excluding hydrogens is 466 g/mol. The van der Waals surface area contributed by atoms with Crippen molar-refractivity contribution in [2.45, 2.75) is 13.3 Å². The van der Waals surface area contributed by atoms with Crippen molar-refractivity contribution in [1.82, 2.24) is 9.88 Å². The number of carbonyl (C=O) groups excluding carboxylic acids is 1. The van der Waals surface area contributed by atoms with E-state index in [1.165, 1.54) is 11.3 Å².